The SMILES string of the molecule is N#CC(C#N)=C(C#N)c1ccc(-c2ccc(Br)s2)s1. The average Bonchev–Trinajstić information content (AvgIpc) is 3.04. The van der Waals surface area contributed by atoms with Gasteiger partial charge in [-0.15, -0.1) is 22.7 Å². The van der Waals surface area contributed by atoms with Crippen LogP contribution in [0.15, 0.2) is 33.6 Å². The van der Waals surface area contributed by atoms with Crippen LogP contribution in [0.1, 0.15) is 4.88 Å². The molecule has 3 nitrogen and oxygen atoms in total. The van der Waals surface area contributed by atoms with Gasteiger partial charge in [0.25, 0.3) is 0 Å². The zero-order chi connectivity index (χ0) is 13.8. The monoisotopic (exact) mass is 345 g/mol. The molecule has 2 aromatic rings. The molecule has 2 rings (SSSR count). The predicted octanol–water partition coefficient (Wildman–Crippen LogP) is 4.56. The first-order valence-electron chi connectivity index (χ1n) is 5.00. The Hall–Kier alpha value is -1.91. The molecule has 0 unspecified atom stereocenters. The summed E-state index contributed by atoms with van der Waals surface area (Å²) in [7, 11) is 0. The number of nitriles is 3. The van der Waals surface area contributed by atoms with Crippen molar-refractivity contribution in [3.05, 3.63) is 38.5 Å². The van der Waals surface area contributed by atoms with Gasteiger partial charge in [-0.25, -0.2) is 0 Å². The summed E-state index contributed by atoms with van der Waals surface area (Å²) in [5.74, 6) is 0. The number of nitrogens with zero attached hydrogens (tertiary/aromatic N) is 3. The molecule has 2 aromatic heterocycles. The van der Waals surface area contributed by atoms with Crippen LogP contribution in [0.4, 0.5) is 0 Å². The molecule has 0 aliphatic carbocycles. The van der Waals surface area contributed by atoms with Crippen LogP contribution in [0.5, 0.6) is 0 Å². The van der Waals surface area contributed by atoms with Crippen LogP contribution in [0, 0.1) is 34.0 Å². The van der Waals surface area contributed by atoms with Crippen molar-refractivity contribution >= 4 is 44.2 Å². The Morgan fingerprint density at radius 1 is 0.895 bits per heavy atom. The molecule has 0 spiro atoms. The molecule has 0 saturated carbocycles. The van der Waals surface area contributed by atoms with Crippen LogP contribution in [0.2, 0.25) is 0 Å². The van der Waals surface area contributed by atoms with Crippen molar-refractivity contribution < 1.29 is 0 Å². The van der Waals surface area contributed by atoms with Gasteiger partial charge >= 0.3 is 0 Å². The lowest BCUT2D eigenvalue weighted by Crippen LogP contribution is -1.81. The summed E-state index contributed by atoms with van der Waals surface area (Å²) in [6.07, 6.45) is 0. The highest BCUT2D eigenvalue weighted by molar-refractivity contribution is 9.11. The fourth-order valence-electron chi connectivity index (χ4n) is 1.42. The van der Waals surface area contributed by atoms with Crippen LogP contribution in [0.25, 0.3) is 15.3 Å². The van der Waals surface area contributed by atoms with Crippen molar-refractivity contribution in [1.29, 1.82) is 15.8 Å². The standard InChI is InChI=1S/C13H4BrN3S2/c14-13-4-3-12(19-13)11-2-1-10(18-11)9(7-17)8(5-15)6-16/h1-4H. The molecular weight excluding hydrogens is 342 g/mol. The molecule has 0 fully saturated rings. The Morgan fingerprint density at radius 2 is 1.53 bits per heavy atom. The Morgan fingerprint density at radius 3 is 2.05 bits per heavy atom. The third kappa shape index (κ3) is 2.75. The summed E-state index contributed by atoms with van der Waals surface area (Å²) in [5, 5.41) is 26.8. The first kappa shape index (κ1) is 13.5. The second-order valence-electron chi connectivity index (χ2n) is 3.35. The molecule has 0 aromatic carbocycles. The number of thiophene rings is 2. The molecule has 6 heteroatoms. The summed E-state index contributed by atoms with van der Waals surface area (Å²) in [6, 6.07) is 13.0. The largest absolute Gasteiger partial charge is 0.192 e. The summed E-state index contributed by atoms with van der Waals surface area (Å²) < 4.78 is 1.03. The van der Waals surface area contributed by atoms with Crippen LogP contribution in [-0.4, -0.2) is 0 Å². The fraction of sp³-hybridized carbons (Fsp3) is 0. The maximum absolute atomic E-state index is 9.09. The molecule has 0 radical (unpaired) electrons. The highest BCUT2D eigenvalue weighted by atomic mass is 79.9. The number of halogens is 1. The summed E-state index contributed by atoms with van der Waals surface area (Å²) in [6.45, 7) is 0. The summed E-state index contributed by atoms with van der Waals surface area (Å²) in [4.78, 5) is 2.73. The lowest BCUT2D eigenvalue weighted by Gasteiger charge is -1.92. The van der Waals surface area contributed by atoms with E-state index in [0.717, 1.165) is 13.5 Å². The molecule has 0 saturated heterocycles. The molecule has 19 heavy (non-hydrogen) atoms. The van der Waals surface area contributed by atoms with Gasteiger partial charge in [0.15, 0.2) is 0 Å². The number of hydrogen-bond acceptors (Lipinski definition) is 5. The first-order chi connectivity index (χ1) is 9.19. The van der Waals surface area contributed by atoms with Crippen molar-refractivity contribution in [3.63, 3.8) is 0 Å². The van der Waals surface area contributed by atoms with E-state index in [4.69, 9.17) is 15.8 Å². The average molecular weight is 346 g/mol. The maximum atomic E-state index is 9.09. The van der Waals surface area contributed by atoms with Gasteiger partial charge in [-0.05, 0) is 40.2 Å². The second-order valence-corrected chi connectivity index (χ2v) is 6.90. The number of allylic oxidation sites excluding steroid dienone is 2. The van der Waals surface area contributed by atoms with Crippen LogP contribution < -0.4 is 0 Å². The maximum Gasteiger partial charge on any atom is 0.148 e. The molecule has 0 bridgehead atoms. The first-order valence-corrected chi connectivity index (χ1v) is 7.42. The smallest absolute Gasteiger partial charge is 0.148 e. The zero-order valence-electron chi connectivity index (χ0n) is 9.35. The summed E-state index contributed by atoms with van der Waals surface area (Å²) >= 11 is 6.39. The van der Waals surface area contributed by atoms with Gasteiger partial charge in [0, 0.05) is 14.6 Å². The van der Waals surface area contributed by atoms with Crippen LogP contribution in [-0.2, 0) is 0 Å². The fourth-order valence-corrected chi connectivity index (χ4v) is 3.91. The van der Waals surface area contributed by atoms with Crippen molar-refractivity contribution in [2.45, 2.75) is 0 Å². The van der Waals surface area contributed by atoms with Crippen molar-refractivity contribution in [3.8, 4) is 28.0 Å². The third-order valence-corrected chi connectivity index (χ3v) is 5.18. The molecule has 0 amide bonds. The minimum Gasteiger partial charge on any atom is -0.192 e. The highest BCUT2D eigenvalue weighted by Crippen LogP contribution is 2.37. The molecule has 90 valence electrons. The summed E-state index contributed by atoms with van der Waals surface area (Å²) in [5.41, 5.74) is -0.0138. The van der Waals surface area contributed by atoms with E-state index in [9.17, 15) is 0 Å². The van der Waals surface area contributed by atoms with Crippen molar-refractivity contribution in [2.24, 2.45) is 0 Å². The van der Waals surface area contributed by atoms with Gasteiger partial charge < -0.3 is 0 Å². The topological polar surface area (TPSA) is 71.4 Å². The normalized spacial score (nSPS) is 9.16. The Bertz CT molecular complexity index is 762. The van der Waals surface area contributed by atoms with E-state index in [1.54, 1.807) is 29.5 Å². The Kier molecular flexibility index (Phi) is 4.14. The minimum absolute atomic E-state index is 0.136. The van der Waals surface area contributed by atoms with E-state index in [0.29, 0.717) is 4.88 Å². The van der Waals surface area contributed by atoms with E-state index in [2.05, 4.69) is 15.9 Å². The lowest BCUT2D eigenvalue weighted by atomic mass is 10.1. The van der Waals surface area contributed by atoms with E-state index in [1.165, 1.54) is 11.3 Å². The van der Waals surface area contributed by atoms with Gasteiger partial charge in [-0.1, -0.05) is 0 Å². The van der Waals surface area contributed by atoms with Crippen LogP contribution in [0.3, 0.4) is 0 Å². The number of rotatable bonds is 2. The molecule has 0 N–H and O–H groups in total. The van der Waals surface area contributed by atoms with Gasteiger partial charge in [0.05, 0.1) is 9.36 Å². The van der Waals surface area contributed by atoms with Crippen molar-refractivity contribution in [1.82, 2.24) is 0 Å². The lowest BCUT2D eigenvalue weighted by molar-refractivity contribution is 1.46. The van der Waals surface area contributed by atoms with E-state index in [-0.39, 0.29) is 11.1 Å². The van der Waals surface area contributed by atoms with Gasteiger partial charge in [0.1, 0.15) is 23.8 Å². The highest BCUT2D eigenvalue weighted by Gasteiger charge is 2.13. The van der Waals surface area contributed by atoms with E-state index in [1.807, 2.05) is 24.3 Å². The molecule has 0 aliphatic rings. The molecule has 0 aliphatic heterocycles. The third-order valence-electron chi connectivity index (χ3n) is 2.25. The zero-order valence-corrected chi connectivity index (χ0v) is 12.6. The van der Waals surface area contributed by atoms with Gasteiger partial charge in [-0.3, -0.25) is 0 Å². The van der Waals surface area contributed by atoms with E-state index < -0.39 is 0 Å². The Labute approximate surface area is 126 Å². The molecule has 0 atom stereocenters. The van der Waals surface area contributed by atoms with E-state index >= 15 is 0 Å². The quantitative estimate of drug-likeness (QED) is 0.748. The molecule has 2 heterocycles. The van der Waals surface area contributed by atoms with Gasteiger partial charge in [0.2, 0.25) is 0 Å². The van der Waals surface area contributed by atoms with Gasteiger partial charge in [-0.2, -0.15) is 15.8 Å². The second kappa shape index (κ2) is 5.82. The number of hydrogen-bond donors (Lipinski definition) is 0. The Balaban J connectivity index is 2.48. The minimum atomic E-state index is -0.150. The van der Waals surface area contributed by atoms with Crippen molar-refractivity contribution in [2.75, 3.05) is 0 Å². The van der Waals surface area contributed by atoms with Crippen LogP contribution >= 0.6 is 38.6 Å². The molecular formula is C13H4BrN3S2. The predicted molar refractivity (Wildman–Crippen MR) is 79.1 cm³/mol.